The van der Waals surface area contributed by atoms with Gasteiger partial charge in [0.25, 0.3) is 11.5 Å². The number of hydrogen-bond donors (Lipinski definition) is 1. The Morgan fingerprint density at radius 2 is 1.88 bits per heavy atom. The minimum Gasteiger partial charge on any atom is -0.339 e. The van der Waals surface area contributed by atoms with Crippen LogP contribution in [0.1, 0.15) is 34.8 Å². The molecule has 0 radical (unpaired) electrons. The third-order valence-electron chi connectivity index (χ3n) is 4.62. The van der Waals surface area contributed by atoms with Crippen LogP contribution in [0.25, 0.3) is 5.65 Å². The van der Waals surface area contributed by atoms with E-state index in [0.29, 0.717) is 18.7 Å². The van der Waals surface area contributed by atoms with Crippen molar-refractivity contribution in [1.82, 2.24) is 19.5 Å². The van der Waals surface area contributed by atoms with Gasteiger partial charge in [0, 0.05) is 42.9 Å². The number of benzene rings is 1. The molecule has 3 aromatic rings. The van der Waals surface area contributed by atoms with Crippen molar-refractivity contribution in [3.8, 4) is 0 Å². The number of amides is 1. The van der Waals surface area contributed by atoms with Gasteiger partial charge in [-0.25, -0.2) is 9.50 Å². The number of carbonyl (C=O) groups excluding carboxylic acids is 1. The van der Waals surface area contributed by atoms with Crippen LogP contribution >= 0.6 is 0 Å². The zero-order chi connectivity index (χ0) is 16.5. The first kappa shape index (κ1) is 14.7. The molecular formula is C18H18N4O2. The number of rotatable bonds is 2. The third kappa shape index (κ3) is 2.60. The minimum atomic E-state index is -0.0946. The van der Waals surface area contributed by atoms with Crippen LogP contribution in [0, 0.1) is 0 Å². The molecule has 6 heteroatoms. The van der Waals surface area contributed by atoms with Gasteiger partial charge >= 0.3 is 0 Å². The zero-order valence-electron chi connectivity index (χ0n) is 13.2. The summed E-state index contributed by atoms with van der Waals surface area (Å²) in [4.78, 5) is 31.0. The van der Waals surface area contributed by atoms with E-state index >= 15 is 0 Å². The predicted octanol–water partition coefficient (Wildman–Crippen LogP) is 2.04. The molecule has 1 aliphatic heterocycles. The number of aromatic nitrogens is 3. The Bertz CT molecular complexity index is 921. The van der Waals surface area contributed by atoms with E-state index in [0.717, 1.165) is 24.1 Å². The lowest BCUT2D eigenvalue weighted by Gasteiger charge is -2.31. The van der Waals surface area contributed by atoms with Crippen molar-refractivity contribution >= 4 is 11.6 Å². The van der Waals surface area contributed by atoms with Gasteiger partial charge in [-0.05, 0) is 25.0 Å². The van der Waals surface area contributed by atoms with E-state index < -0.39 is 0 Å². The molecule has 0 spiro atoms. The van der Waals surface area contributed by atoms with Crippen molar-refractivity contribution in [2.24, 2.45) is 0 Å². The van der Waals surface area contributed by atoms with E-state index in [4.69, 9.17) is 0 Å². The van der Waals surface area contributed by atoms with Crippen molar-refractivity contribution in [3.63, 3.8) is 0 Å². The number of likely N-dealkylation sites (tertiary alicyclic amines) is 1. The van der Waals surface area contributed by atoms with E-state index in [1.165, 1.54) is 4.52 Å². The van der Waals surface area contributed by atoms with Crippen LogP contribution in [-0.2, 0) is 0 Å². The van der Waals surface area contributed by atoms with Gasteiger partial charge in [-0.1, -0.05) is 18.2 Å². The van der Waals surface area contributed by atoms with E-state index in [-0.39, 0.29) is 17.4 Å². The number of H-pyrrole nitrogens is 1. The highest BCUT2D eigenvalue weighted by Crippen LogP contribution is 2.27. The quantitative estimate of drug-likeness (QED) is 0.785. The van der Waals surface area contributed by atoms with Gasteiger partial charge in [-0.2, -0.15) is 0 Å². The number of hydrogen-bond acceptors (Lipinski definition) is 3. The number of piperidine rings is 1. The van der Waals surface area contributed by atoms with Crippen molar-refractivity contribution in [1.29, 1.82) is 0 Å². The van der Waals surface area contributed by atoms with Gasteiger partial charge in [0.1, 0.15) is 0 Å². The summed E-state index contributed by atoms with van der Waals surface area (Å²) in [5, 5.41) is 2.85. The van der Waals surface area contributed by atoms with Crippen molar-refractivity contribution in [3.05, 3.63) is 70.3 Å². The average molecular weight is 322 g/mol. The molecule has 0 atom stereocenters. The molecule has 6 nitrogen and oxygen atoms in total. The number of nitrogens with one attached hydrogen (secondary N) is 1. The smallest absolute Gasteiger partial charge is 0.272 e. The first-order valence-electron chi connectivity index (χ1n) is 8.14. The fourth-order valence-corrected chi connectivity index (χ4v) is 3.30. The highest BCUT2D eigenvalue weighted by atomic mass is 16.2. The normalized spacial score (nSPS) is 15.8. The van der Waals surface area contributed by atoms with Gasteiger partial charge in [0.2, 0.25) is 0 Å². The molecule has 2 aromatic heterocycles. The molecule has 0 bridgehead atoms. The van der Waals surface area contributed by atoms with E-state index in [9.17, 15) is 9.59 Å². The molecule has 3 heterocycles. The fourth-order valence-electron chi connectivity index (χ4n) is 3.30. The van der Waals surface area contributed by atoms with Gasteiger partial charge in [-0.3, -0.25) is 14.7 Å². The summed E-state index contributed by atoms with van der Waals surface area (Å²) in [5.74, 6) is 0.292. The maximum absolute atomic E-state index is 12.5. The van der Waals surface area contributed by atoms with Gasteiger partial charge in [-0.15, -0.1) is 0 Å². The molecule has 0 saturated carbocycles. The van der Waals surface area contributed by atoms with Crippen LogP contribution in [-0.4, -0.2) is 38.5 Å². The van der Waals surface area contributed by atoms with Gasteiger partial charge < -0.3 is 4.90 Å². The zero-order valence-corrected chi connectivity index (χ0v) is 13.2. The Morgan fingerprint density at radius 1 is 1.12 bits per heavy atom. The highest BCUT2D eigenvalue weighted by Gasteiger charge is 2.25. The SMILES string of the molecule is O=C(c1ccccc1)N1CCC(c2cc(=O)n3[nH]ccc3n2)CC1. The molecule has 0 unspecified atom stereocenters. The standard InChI is InChI=1S/C18H18N4O2/c23-17-12-15(20-16-6-9-19-22(16)17)13-7-10-21(11-8-13)18(24)14-4-2-1-3-5-14/h1-6,9,12-13,19H,7-8,10-11H2. The number of nitrogens with zero attached hydrogens (tertiary/aromatic N) is 3. The van der Waals surface area contributed by atoms with Crippen molar-refractivity contribution in [2.75, 3.05) is 13.1 Å². The van der Waals surface area contributed by atoms with Crippen LogP contribution in [0.2, 0.25) is 0 Å². The van der Waals surface area contributed by atoms with Crippen LogP contribution in [0.4, 0.5) is 0 Å². The molecular weight excluding hydrogens is 304 g/mol. The average Bonchev–Trinajstić information content (AvgIpc) is 3.11. The maximum Gasteiger partial charge on any atom is 0.272 e. The maximum atomic E-state index is 12.5. The Hall–Kier alpha value is -2.89. The molecule has 1 fully saturated rings. The van der Waals surface area contributed by atoms with E-state index in [2.05, 4.69) is 10.1 Å². The second kappa shape index (κ2) is 5.96. The van der Waals surface area contributed by atoms with E-state index in [1.54, 1.807) is 18.3 Å². The number of carbonyl (C=O) groups is 1. The molecule has 122 valence electrons. The first-order valence-corrected chi connectivity index (χ1v) is 8.14. The van der Waals surface area contributed by atoms with E-state index in [1.807, 2.05) is 35.2 Å². The van der Waals surface area contributed by atoms with Crippen molar-refractivity contribution in [2.45, 2.75) is 18.8 Å². The molecule has 1 aromatic carbocycles. The molecule has 4 rings (SSSR count). The summed E-state index contributed by atoms with van der Waals surface area (Å²) in [6.07, 6.45) is 3.35. The topological polar surface area (TPSA) is 70.5 Å². The third-order valence-corrected chi connectivity index (χ3v) is 4.62. The first-order chi connectivity index (χ1) is 11.7. The molecule has 0 aliphatic carbocycles. The summed E-state index contributed by atoms with van der Waals surface area (Å²) >= 11 is 0. The van der Waals surface area contributed by atoms with Crippen molar-refractivity contribution < 1.29 is 4.79 Å². The lowest BCUT2D eigenvalue weighted by Crippen LogP contribution is -2.38. The largest absolute Gasteiger partial charge is 0.339 e. The Kier molecular flexibility index (Phi) is 3.65. The molecule has 1 N–H and O–H groups in total. The second-order valence-electron chi connectivity index (χ2n) is 6.11. The summed E-state index contributed by atoms with van der Waals surface area (Å²) in [6, 6.07) is 12.7. The molecule has 1 amide bonds. The van der Waals surface area contributed by atoms with Crippen LogP contribution in [0.15, 0.2) is 53.5 Å². The monoisotopic (exact) mass is 322 g/mol. The summed E-state index contributed by atoms with van der Waals surface area (Å²) in [7, 11) is 0. The fraction of sp³-hybridized carbons (Fsp3) is 0.278. The number of fused-ring (bicyclic) bond motifs is 1. The number of aromatic amines is 1. The van der Waals surface area contributed by atoms with Gasteiger partial charge in [0.15, 0.2) is 5.65 Å². The van der Waals surface area contributed by atoms with Gasteiger partial charge in [0.05, 0.1) is 5.69 Å². The van der Waals surface area contributed by atoms with Crippen LogP contribution in [0.3, 0.4) is 0 Å². The summed E-state index contributed by atoms with van der Waals surface area (Å²) in [6.45, 7) is 1.37. The molecule has 24 heavy (non-hydrogen) atoms. The lowest BCUT2D eigenvalue weighted by molar-refractivity contribution is 0.0712. The van der Waals surface area contributed by atoms with Crippen LogP contribution in [0.5, 0.6) is 0 Å². The Labute approximate surface area is 138 Å². The summed E-state index contributed by atoms with van der Waals surface area (Å²) in [5.41, 5.74) is 2.09. The lowest BCUT2D eigenvalue weighted by atomic mass is 9.93. The Morgan fingerprint density at radius 3 is 2.62 bits per heavy atom. The predicted molar refractivity (Wildman–Crippen MR) is 90.1 cm³/mol. The second-order valence-corrected chi connectivity index (χ2v) is 6.11. The molecule has 1 aliphatic rings. The Balaban J connectivity index is 1.49. The van der Waals surface area contributed by atoms with Crippen LogP contribution < -0.4 is 5.56 Å². The highest BCUT2D eigenvalue weighted by molar-refractivity contribution is 5.94. The summed E-state index contributed by atoms with van der Waals surface area (Å²) < 4.78 is 1.43. The minimum absolute atomic E-state index is 0.0724. The molecule has 1 saturated heterocycles.